The maximum atomic E-state index is 12.2. The van der Waals surface area contributed by atoms with Crippen molar-refractivity contribution < 1.29 is 14.3 Å². The average Bonchev–Trinajstić information content (AvgIpc) is 3.09. The van der Waals surface area contributed by atoms with E-state index >= 15 is 0 Å². The molecular formula is C18H16ClN3O3S. The lowest BCUT2D eigenvalue weighted by atomic mass is 10.1. The van der Waals surface area contributed by atoms with Crippen molar-refractivity contribution in [3.8, 4) is 11.5 Å². The van der Waals surface area contributed by atoms with Crippen LogP contribution in [0.15, 0.2) is 48.5 Å². The van der Waals surface area contributed by atoms with E-state index in [1.165, 1.54) is 11.3 Å². The number of ether oxygens (including phenoxy) is 2. The van der Waals surface area contributed by atoms with Crippen LogP contribution < -0.4 is 14.8 Å². The number of anilines is 1. The van der Waals surface area contributed by atoms with Crippen molar-refractivity contribution in [2.24, 2.45) is 0 Å². The number of halogens is 1. The SMILES string of the molecule is COc1ccccc1CC(=O)Nc1nnc(COc2ccc(Cl)cc2)s1. The molecule has 0 aliphatic carbocycles. The summed E-state index contributed by atoms with van der Waals surface area (Å²) in [5, 5.41) is 12.5. The smallest absolute Gasteiger partial charge is 0.230 e. The fourth-order valence-corrected chi connectivity index (χ4v) is 3.02. The Morgan fingerprint density at radius 2 is 1.92 bits per heavy atom. The lowest BCUT2D eigenvalue weighted by Gasteiger charge is -2.07. The molecule has 3 aromatic rings. The van der Waals surface area contributed by atoms with Gasteiger partial charge in [-0.25, -0.2) is 0 Å². The molecule has 3 rings (SSSR count). The molecule has 134 valence electrons. The van der Waals surface area contributed by atoms with Crippen molar-refractivity contribution >= 4 is 34.0 Å². The van der Waals surface area contributed by atoms with E-state index < -0.39 is 0 Å². The lowest BCUT2D eigenvalue weighted by Crippen LogP contribution is -2.14. The van der Waals surface area contributed by atoms with Gasteiger partial charge in [0.2, 0.25) is 11.0 Å². The minimum Gasteiger partial charge on any atom is -0.496 e. The van der Waals surface area contributed by atoms with E-state index in [1.807, 2.05) is 24.3 Å². The van der Waals surface area contributed by atoms with Gasteiger partial charge in [-0.2, -0.15) is 0 Å². The molecule has 2 aromatic carbocycles. The molecule has 0 unspecified atom stereocenters. The third kappa shape index (κ3) is 4.93. The normalized spacial score (nSPS) is 10.4. The zero-order valence-electron chi connectivity index (χ0n) is 13.9. The molecule has 0 saturated heterocycles. The molecule has 0 radical (unpaired) electrons. The molecule has 1 N–H and O–H groups in total. The van der Waals surface area contributed by atoms with Gasteiger partial charge in [0.25, 0.3) is 0 Å². The van der Waals surface area contributed by atoms with E-state index in [2.05, 4.69) is 15.5 Å². The van der Waals surface area contributed by atoms with Crippen LogP contribution in [0.25, 0.3) is 0 Å². The Balaban J connectivity index is 1.54. The molecule has 0 saturated carbocycles. The van der Waals surface area contributed by atoms with Gasteiger partial charge in [0, 0.05) is 10.6 Å². The van der Waals surface area contributed by atoms with Crippen LogP contribution in [0.1, 0.15) is 10.6 Å². The summed E-state index contributed by atoms with van der Waals surface area (Å²) >= 11 is 7.10. The Labute approximate surface area is 159 Å². The fraction of sp³-hybridized carbons (Fsp3) is 0.167. The van der Waals surface area contributed by atoms with Gasteiger partial charge in [0.05, 0.1) is 13.5 Å². The van der Waals surface area contributed by atoms with Crippen molar-refractivity contribution in [2.75, 3.05) is 12.4 Å². The Bertz CT molecular complexity index is 883. The summed E-state index contributed by atoms with van der Waals surface area (Å²) in [6.45, 7) is 0.266. The zero-order valence-corrected chi connectivity index (χ0v) is 15.5. The standard InChI is InChI=1S/C18H16ClN3O3S/c1-24-15-5-3-2-4-12(15)10-16(23)20-18-22-21-17(26-18)11-25-14-8-6-13(19)7-9-14/h2-9H,10-11H2,1H3,(H,20,22,23). The number of hydrogen-bond acceptors (Lipinski definition) is 6. The topological polar surface area (TPSA) is 73.3 Å². The van der Waals surface area contributed by atoms with Gasteiger partial charge in [-0.15, -0.1) is 10.2 Å². The summed E-state index contributed by atoms with van der Waals surface area (Å²) in [6, 6.07) is 14.4. The number of hydrogen-bond donors (Lipinski definition) is 1. The lowest BCUT2D eigenvalue weighted by molar-refractivity contribution is -0.115. The van der Waals surface area contributed by atoms with Gasteiger partial charge in [-0.3, -0.25) is 4.79 Å². The molecule has 0 bridgehead atoms. The molecular weight excluding hydrogens is 374 g/mol. The van der Waals surface area contributed by atoms with Crippen molar-refractivity contribution in [3.05, 3.63) is 64.1 Å². The van der Waals surface area contributed by atoms with E-state index in [0.717, 1.165) is 5.56 Å². The van der Waals surface area contributed by atoms with Crippen LogP contribution in [-0.4, -0.2) is 23.2 Å². The molecule has 6 nitrogen and oxygen atoms in total. The molecule has 0 aliphatic heterocycles. The number of para-hydroxylation sites is 1. The summed E-state index contributed by atoms with van der Waals surface area (Å²) in [5.74, 6) is 1.18. The minimum absolute atomic E-state index is 0.184. The number of nitrogens with zero attached hydrogens (tertiary/aromatic N) is 2. The number of carbonyl (C=O) groups is 1. The molecule has 8 heteroatoms. The Kier molecular flexibility index (Phi) is 6.04. The highest BCUT2D eigenvalue weighted by Gasteiger charge is 2.12. The van der Waals surface area contributed by atoms with E-state index in [0.29, 0.717) is 26.7 Å². The molecule has 0 spiro atoms. The summed E-state index contributed by atoms with van der Waals surface area (Å²) in [7, 11) is 1.58. The second-order valence-electron chi connectivity index (χ2n) is 5.28. The zero-order chi connectivity index (χ0) is 18.4. The molecule has 1 amide bonds. The summed E-state index contributed by atoms with van der Waals surface area (Å²) in [4.78, 5) is 12.2. The van der Waals surface area contributed by atoms with Crippen LogP contribution in [0.4, 0.5) is 5.13 Å². The molecule has 1 heterocycles. The van der Waals surface area contributed by atoms with Crippen LogP contribution in [0, 0.1) is 0 Å². The van der Waals surface area contributed by atoms with E-state index in [-0.39, 0.29) is 18.9 Å². The number of aromatic nitrogens is 2. The Morgan fingerprint density at radius 1 is 1.15 bits per heavy atom. The van der Waals surface area contributed by atoms with Crippen molar-refractivity contribution in [3.63, 3.8) is 0 Å². The molecule has 0 atom stereocenters. The van der Waals surface area contributed by atoms with Gasteiger partial charge in [-0.05, 0) is 30.3 Å². The Hall–Kier alpha value is -2.64. The quantitative estimate of drug-likeness (QED) is 0.662. The van der Waals surface area contributed by atoms with Gasteiger partial charge in [0.15, 0.2) is 5.01 Å². The van der Waals surface area contributed by atoms with Crippen LogP contribution in [0.5, 0.6) is 11.5 Å². The van der Waals surface area contributed by atoms with Crippen LogP contribution >= 0.6 is 22.9 Å². The largest absolute Gasteiger partial charge is 0.496 e. The number of nitrogens with one attached hydrogen (secondary N) is 1. The summed E-state index contributed by atoms with van der Waals surface area (Å²) in [6.07, 6.45) is 0.195. The van der Waals surface area contributed by atoms with Gasteiger partial charge >= 0.3 is 0 Å². The fourth-order valence-electron chi connectivity index (χ4n) is 2.22. The van der Waals surface area contributed by atoms with Crippen LogP contribution in [-0.2, 0) is 17.8 Å². The molecule has 0 aliphatic rings. The number of benzene rings is 2. The second-order valence-corrected chi connectivity index (χ2v) is 6.78. The van der Waals surface area contributed by atoms with Crippen molar-refractivity contribution in [1.82, 2.24) is 10.2 Å². The maximum absolute atomic E-state index is 12.2. The number of methoxy groups -OCH3 is 1. The molecule has 26 heavy (non-hydrogen) atoms. The average molecular weight is 390 g/mol. The maximum Gasteiger partial charge on any atom is 0.230 e. The van der Waals surface area contributed by atoms with Crippen LogP contribution in [0.3, 0.4) is 0 Å². The number of rotatable bonds is 7. The third-order valence-corrected chi connectivity index (χ3v) is 4.50. The monoisotopic (exact) mass is 389 g/mol. The highest BCUT2D eigenvalue weighted by Crippen LogP contribution is 2.21. The van der Waals surface area contributed by atoms with Gasteiger partial charge < -0.3 is 14.8 Å². The van der Waals surface area contributed by atoms with E-state index in [1.54, 1.807) is 31.4 Å². The number of amides is 1. The predicted octanol–water partition coefficient (Wildman–Crippen LogP) is 3.96. The molecule has 0 fully saturated rings. The third-order valence-electron chi connectivity index (χ3n) is 3.43. The minimum atomic E-state index is -0.184. The summed E-state index contributed by atoms with van der Waals surface area (Å²) in [5.41, 5.74) is 0.809. The second kappa shape index (κ2) is 8.64. The highest BCUT2D eigenvalue weighted by molar-refractivity contribution is 7.15. The van der Waals surface area contributed by atoms with Gasteiger partial charge in [0.1, 0.15) is 18.1 Å². The van der Waals surface area contributed by atoms with Gasteiger partial charge in [-0.1, -0.05) is 41.1 Å². The first kappa shape index (κ1) is 18.2. The van der Waals surface area contributed by atoms with Crippen molar-refractivity contribution in [1.29, 1.82) is 0 Å². The predicted molar refractivity (Wildman–Crippen MR) is 101 cm³/mol. The van der Waals surface area contributed by atoms with E-state index in [4.69, 9.17) is 21.1 Å². The first-order chi connectivity index (χ1) is 12.6. The van der Waals surface area contributed by atoms with Crippen LogP contribution in [0.2, 0.25) is 5.02 Å². The number of carbonyl (C=O) groups excluding carboxylic acids is 1. The molecule has 1 aromatic heterocycles. The van der Waals surface area contributed by atoms with Crippen molar-refractivity contribution in [2.45, 2.75) is 13.0 Å². The highest BCUT2D eigenvalue weighted by atomic mass is 35.5. The summed E-state index contributed by atoms with van der Waals surface area (Å²) < 4.78 is 10.9. The first-order valence-electron chi connectivity index (χ1n) is 7.76. The first-order valence-corrected chi connectivity index (χ1v) is 8.96. The Morgan fingerprint density at radius 3 is 2.69 bits per heavy atom. The van der Waals surface area contributed by atoms with E-state index in [9.17, 15) is 4.79 Å².